The number of halogens is 1. The monoisotopic (exact) mass is 465 g/mol. The van der Waals surface area contributed by atoms with Crippen molar-refractivity contribution in [2.24, 2.45) is 0 Å². The van der Waals surface area contributed by atoms with Crippen molar-refractivity contribution < 1.29 is 23.8 Å². The minimum Gasteiger partial charge on any atom is -0.434 e. The molecule has 1 saturated carbocycles. The number of ether oxygens (including phenoxy) is 3. The van der Waals surface area contributed by atoms with Crippen LogP contribution in [0.25, 0.3) is 5.57 Å². The molecular weight excluding hydrogens is 438 g/mol. The van der Waals surface area contributed by atoms with Gasteiger partial charge in [-0.3, -0.25) is 4.79 Å². The van der Waals surface area contributed by atoms with Gasteiger partial charge in [-0.25, -0.2) is 4.79 Å². The van der Waals surface area contributed by atoms with Crippen LogP contribution in [0.5, 0.6) is 0 Å². The second kappa shape index (κ2) is 8.88. The maximum absolute atomic E-state index is 13.2. The fraction of sp³-hybridized carbons (Fsp3) is 0.545. The Morgan fingerprint density at radius 2 is 1.97 bits per heavy atom. The molecule has 29 heavy (non-hydrogen) atoms. The summed E-state index contributed by atoms with van der Waals surface area (Å²) in [7, 11) is 1.70. The summed E-state index contributed by atoms with van der Waals surface area (Å²) in [6.07, 6.45) is 2.96. The molecule has 1 aliphatic carbocycles. The van der Waals surface area contributed by atoms with E-state index >= 15 is 0 Å². The Balaban J connectivity index is 2.15. The van der Waals surface area contributed by atoms with Crippen LogP contribution in [0.3, 0.4) is 0 Å². The summed E-state index contributed by atoms with van der Waals surface area (Å²) >= 11 is 3.54. The Labute approximate surface area is 180 Å². The van der Waals surface area contributed by atoms with Crippen molar-refractivity contribution in [1.29, 1.82) is 0 Å². The molecule has 1 amide bonds. The summed E-state index contributed by atoms with van der Waals surface area (Å²) in [5.41, 5.74) is 2.54. The highest BCUT2D eigenvalue weighted by Crippen LogP contribution is 2.45. The Morgan fingerprint density at radius 1 is 1.28 bits per heavy atom. The fourth-order valence-electron chi connectivity index (χ4n) is 4.41. The van der Waals surface area contributed by atoms with E-state index in [0.29, 0.717) is 24.2 Å². The molecule has 158 valence electrons. The highest BCUT2D eigenvalue weighted by Gasteiger charge is 2.50. The molecule has 0 atom stereocenters. The molecule has 0 unspecified atom stereocenters. The first-order valence-electron chi connectivity index (χ1n) is 10.1. The number of nitrogens with one attached hydrogen (secondary N) is 1. The number of carbonyl (C=O) groups excluding carboxylic acids is 2. The summed E-state index contributed by atoms with van der Waals surface area (Å²) in [5, 5.41) is 3.14. The Kier molecular flexibility index (Phi) is 6.69. The Bertz CT molecular complexity index is 840. The maximum atomic E-state index is 13.2. The van der Waals surface area contributed by atoms with Gasteiger partial charge in [0.05, 0.1) is 23.8 Å². The van der Waals surface area contributed by atoms with Crippen molar-refractivity contribution in [3.05, 3.63) is 39.1 Å². The van der Waals surface area contributed by atoms with Crippen LogP contribution in [-0.2, 0) is 25.4 Å². The Hall–Kier alpha value is -1.86. The first-order chi connectivity index (χ1) is 13.8. The number of hydrogen-bond acceptors (Lipinski definition) is 5. The average molecular weight is 466 g/mol. The fourth-order valence-corrected chi connectivity index (χ4v) is 5.03. The minimum atomic E-state index is -0.780. The lowest BCUT2D eigenvalue weighted by Crippen LogP contribution is -2.49. The van der Waals surface area contributed by atoms with Crippen molar-refractivity contribution in [2.75, 3.05) is 13.7 Å². The molecule has 1 aliphatic heterocycles. The Morgan fingerprint density at radius 3 is 2.55 bits per heavy atom. The second-order valence-corrected chi connectivity index (χ2v) is 8.49. The van der Waals surface area contributed by atoms with Crippen LogP contribution in [0.4, 0.5) is 4.79 Å². The number of carbonyl (C=O) groups is 2. The van der Waals surface area contributed by atoms with Crippen molar-refractivity contribution in [3.63, 3.8) is 0 Å². The summed E-state index contributed by atoms with van der Waals surface area (Å²) in [6, 6.07) is 3.99. The molecule has 0 bridgehead atoms. The van der Waals surface area contributed by atoms with E-state index in [1.54, 1.807) is 14.0 Å². The first-order valence-corrected chi connectivity index (χ1v) is 10.9. The number of hydrogen-bond donors (Lipinski definition) is 1. The standard InChI is InChI=1S/C22H28BrNO5/c1-5-14-12-15(23)11-13(3)17(14)18-19(29-21(26)28-6-2)22(24-20(18)25)9-7-16(27-4)8-10-22/h11-12,16H,5-10H2,1-4H3,(H,24,25)/t16-,22+. The average Bonchev–Trinajstić information content (AvgIpc) is 2.93. The SMILES string of the molecule is CCOC(=O)OC1=C(c2c(C)cc(Br)cc2CC)C(=O)N[C@]12CC[C@@H](OC)CC2. The lowest BCUT2D eigenvalue weighted by atomic mass is 9.78. The predicted octanol–water partition coefficient (Wildman–Crippen LogP) is 4.66. The quantitative estimate of drug-likeness (QED) is 0.639. The zero-order valence-electron chi connectivity index (χ0n) is 17.4. The number of rotatable bonds is 5. The molecule has 2 aliphatic rings. The van der Waals surface area contributed by atoms with Gasteiger partial charge in [-0.1, -0.05) is 22.9 Å². The van der Waals surface area contributed by atoms with Gasteiger partial charge in [0.25, 0.3) is 5.91 Å². The first kappa shape index (κ1) is 21.8. The molecule has 1 fully saturated rings. The zero-order chi connectivity index (χ0) is 21.2. The van der Waals surface area contributed by atoms with Crippen LogP contribution < -0.4 is 5.32 Å². The van der Waals surface area contributed by atoms with E-state index in [2.05, 4.69) is 21.2 Å². The molecule has 6 nitrogen and oxygen atoms in total. The van der Waals surface area contributed by atoms with Gasteiger partial charge >= 0.3 is 6.16 Å². The van der Waals surface area contributed by atoms with Gasteiger partial charge < -0.3 is 19.5 Å². The maximum Gasteiger partial charge on any atom is 0.513 e. The van der Waals surface area contributed by atoms with E-state index in [9.17, 15) is 9.59 Å². The number of benzene rings is 1. The van der Waals surface area contributed by atoms with Gasteiger partial charge in [0, 0.05) is 11.6 Å². The van der Waals surface area contributed by atoms with Crippen LogP contribution in [0.15, 0.2) is 22.4 Å². The number of amides is 1. The lowest BCUT2D eigenvalue weighted by molar-refractivity contribution is -0.116. The second-order valence-electron chi connectivity index (χ2n) is 7.57. The van der Waals surface area contributed by atoms with E-state index in [1.165, 1.54) is 0 Å². The van der Waals surface area contributed by atoms with Gasteiger partial charge in [-0.2, -0.15) is 0 Å². The van der Waals surface area contributed by atoms with Crippen LogP contribution in [0.1, 0.15) is 56.2 Å². The summed E-state index contributed by atoms with van der Waals surface area (Å²) < 4.78 is 17.2. The molecule has 0 saturated heterocycles. The smallest absolute Gasteiger partial charge is 0.434 e. The molecule has 0 radical (unpaired) electrons. The molecule has 1 N–H and O–H groups in total. The largest absolute Gasteiger partial charge is 0.513 e. The minimum absolute atomic E-state index is 0.144. The van der Waals surface area contributed by atoms with E-state index in [-0.39, 0.29) is 18.6 Å². The van der Waals surface area contributed by atoms with Crippen LogP contribution in [0.2, 0.25) is 0 Å². The molecule has 1 aromatic rings. The van der Waals surface area contributed by atoms with Gasteiger partial charge in [-0.05, 0) is 74.8 Å². The predicted molar refractivity (Wildman–Crippen MR) is 113 cm³/mol. The van der Waals surface area contributed by atoms with Gasteiger partial charge in [0.1, 0.15) is 5.76 Å². The number of methoxy groups -OCH3 is 1. The van der Waals surface area contributed by atoms with Crippen molar-refractivity contribution in [2.45, 2.75) is 64.5 Å². The van der Waals surface area contributed by atoms with Gasteiger partial charge in [0.2, 0.25) is 0 Å². The highest BCUT2D eigenvalue weighted by molar-refractivity contribution is 9.10. The third-order valence-corrected chi connectivity index (χ3v) is 6.28. The summed E-state index contributed by atoms with van der Waals surface area (Å²) in [4.78, 5) is 25.5. The molecule has 0 aromatic heterocycles. The van der Waals surface area contributed by atoms with Crippen LogP contribution >= 0.6 is 15.9 Å². The van der Waals surface area contributed by atoms with Crippen LogP contribution in [0, 0.1) is 6.92 Å². The molecule has 7 heteroatoms. The normalized spacial score (nSPS) is 24.0. The van der Waals surface area contributed by atoms with E-state index in [4.69, 9.17) is 14.2 Å². The lowest BCUT2D eigenvalue weighted by Gasteiger charge is -2.37. The third kappa shape index (κ3) is 4.21. The third-order valence-electron chi connectivity index (χ3n) is 5.82. The highest BCUT2D eigenvalue weighted by atomic mass is 79.9. The molecule has 1 spiro atoms. The molecule has 1 aromatic carbocycles. The summed E-state index contributed by atoms with van der Waals surface area (Å²) in [6.45, 7) is 5.94. The molecule has 3 rings (SSSR count). The number of aryl methyl sites for hydroxylation is 2. The van der Waals surface area contributed by atoms with Crippen molar-refractivity contribution in [3.8, 4) is 0 Å². The molecule has 1 heterocycles. The topological polar surface area (TPSA) is 73.9 Å². The summed E-state index contributed by atoms with van der Waals surface area (Å²) in [5.74, 6) is 0.177. The van der Waals surface area contributed by atoms with Gasteiger partial charge in [-0.15, -0.1) is 0 Å². The van der Waals surface area contributed by atoms with E-state index in [0.717, 1.165) is 40.4 Å². The van der Waals surface area contributed by atoms with Crippen molar-refractivity contribution >= 4 is 33.6 Å². The van der Waals surface area contributed by atoms with E-state index < -0.39 is 11.7 Å². The van der Waals surface area contributed by atoms with Crippen molar-refractivity contribution in [1.82, 2.24) is 5.32 Å². The van der Waals surface area contributed by atoms with E-state index in [1.807, 2.05) is 26.0 Å². The molecular formula is C22H28BrNO5. The van der Waals surface area contributed by atoms with Gasteiger partial charge in [0.15, 0.2) is 0 Å². The van der Waals surface area contributed by atoms with Crippen LogP contribution in [-0.4, -0.2) is 37.4 Å². The zero-order valence-corrected chi connectivity index (χ0v) is 19.0.